The second-order valence-electron chi connectivity index (χ2n) is 7.57. The lowest BCUT2D eigenvalue weighted by molar-refractivity contribution is 0.442. The molecule has 0 aromatic heterocycles. The minimum atomic E-state index is -4.56. The van der Waals surface area contributed by atoms with E-state index in [0.717, 1.165) is 36.0 Å². The van der Waals surface area contributed by atoms with E-state index in [1.54, 1.807) is 18.2 Å². The van der Waals surface area contributed by atoms with Crippen molar-refractivity contribution >= 4 is 20.2 Å². The Morgan fingerprint density at radius 3 is 2.25 bits per heavy atom. The molecule has 0 heterocycles. The van der Waals surface area contributed by atoms with E-state index in [2.05, 4.69) is 0 Å². The van der Waals surface area contributed by atoms with Gasteiger partial charge in [0.05, 0.1) is 10.1 Å². The summed E-state index contributed by atoms with van der Waals surface area (Å²) in [6, 6.07) is 10.4. The van der Waals surface area contributed by atoms with E-state index in [1.807, 2.05) is 12.1 Å². The molecular weight excluding hydrogens is 400 g/mol. The summed E-state index contributed by atoms with van der Waals surface area (Å²) >= 11 is 0. The monoisotopic (exact) mass is 422 g/mol. The van der Waals surface area contributed by atoms with E-state index >= 15 is 0 Å². The van der Waals surface area contributed by atoms with Gasteiger partial charge >= 0.3 is 0 Å². The van der Waals surface area contributed by atoms with Crippen molar-refractivity contribution in [1.82, 2.24) is 0 Å². The van der Waals surface area contributed by atoms with Gasteiger partial charge in [-0.25, -0.2) is 0 Å². The largest absolute Gasteiger partial charge is 0.294 e. The molecule has 8 heteroatoms. The number of rotatable bonds is 3. The smallest absolute Gasteiger partial charge is 0.285 e. The predicted octanol–water partition coefficient (Wildman–Crippen LogP) is 3.15. The highest BCUT2D eigenvalue weighted by Gasteiger charge is 2.42. The highest BCUT2D eigenvalue weighted by Crippen LogP contribution is 2.45. The van der Waals surface area contributed by atoms with E-state index in [1.165, 1.54) is 6.07 Å². The van der Waals surface area contributed by atoms with Crippen LogP contribution >= 0.6 is 0 Å². The van der Waals surface area contributed by atoms with Gasteiger partial charge < -0.3 is 0 Å². The third-order valence-electron chi connectivity index (χ3n) is 5.97. The second kappa shape index (κ2) is 6.95. The zero-order valence-corrected chi connectivity index (χ0v) is 16.8. The van der Waals surface area contributed by atoms with Crippen LogP contribution in [0, 0.1) is 0 Å². The van der Waals surface area contributed by atoms with Crippen LogP contribution in [0.4, 0.5) is 0 Å². The molecule has 0 saturated heterocycles. The third-order valence-corrected chi connectivity index (χ3v) is 8.15. The number of hydrogen-bond acceptors (Lipinski definition) is 4. The van der Waals surface area contributed by atoms with E-state index < -0.39 is 31.4 Å². The SMILES string of the molecule is O=S(=O)(O)c1ccc2c(c1[C@H]1c3ccccc3CCC1S(=O)(=O)O)CCCC2. The summed E-state index contributed by atoms with van der Waals surface area (Å²) in [6.07, 6.45) is 3.90. The fourth-order valence-corrected chi connectivity index (χ4v) is 6.60. The van der Waals surface area contributed by atoms with Crippen molar-refractivity contribution in [3.8, 4) is 0 Å². The molecule has 2 aliphatic rings. The third kappa shape index (κ3) is 3.39. The summed E-state index contributed by atoms with van der Waals surface area (Å²) in [4.78, 5) is -0.261. The van der Waals surface area contributed by atoms with Gasteiger partial charge in [-0.1, -0.05) is 30.3 Å². The van der Waals surface area contributed by atoms with Crippen LogP contribution in [0.5, 0.6) is 0 Å². The Morgan fingerprint density at radius 1 is 0.821 bits per heavy atom. The van der Waals surface area contributed by atoms with Gasteiger partial charge in [0.25, 0.3) is 20.2 Å². The summed E-state index contributed by atoms with van der Waals surface area (Å²) < 4.78 is 68.8. The Hall–Kier alpha value is -1.74. The molecule has 2 aromatic rings. The quantitative estimate of drug-likeness (QED) is 0.736. The van der Waals surface area contributed by atoms with Crippen LogP contribution < -0.4 is 0 Å². The van der Waals surface area contributed by atoms with E-state index in [-0.39, 0.29) is 11.3 Å². The molecule has 2 aliphatic carbocycles. The lowest BCUT2D eigenvalue weighted by atomic mass is 9.74. The summed E-state index contributed by atoms with van der Waals surface area (Å²) in [6.45, 7) is 0. The first kappa shape index (κ1) is 19.6. The molecule has 0 amide bonds. The van der Waals surface area contributed by atoms with Crippen LogP contribution in [-0.4, -0.2) is 31.2 Å². The second-order valence-corrected chi connectivity index (χ2v) is 10.6. The van der Waals surface area contributed by atoms with Crippen molar-refractivity contribution < 1.29 is 25.9 Å². The van der Waals surface area contributed by atoms with Crippen LogP contribution in [-0.2, 0) is 39.5 Å². The van der Waals surface area contributed by atoms with Gasteiger partial charge in [-0.05, 0) is 72.4 Å². The number of benzene rings is 2. The molecular formula is C20H22O6S2. The average Bonchev–Trinajstić information content (AvgIpc) is 2.64. The fraction of sp³-hybridized carbons (Fsp3) is 0.400. The average molecular weight is 423 g/mol. The van der Waals surface area contributed by atoms with Gasteiger partial charge in [0, 0.05) is 5.92 Å². The molecule has 150 valence electrons. The number of hydrogen-bond donors (Lipinski definition) is 2. The lowest BCUT2D eigenvalue weighted by Crippen LogP contribution is -2.35. The number of fused-ring (bicyclic) bond motifs is 2. The molecule has 4 rings (SSSR count). The van der Waals surface area contributed by atoms with Crippen molar-refractivity contribution in [3.63, 3.8) is 0 Å². The Labute approximate surface area is 165 Å². The minimum absolute atomic E-state index is 0.190. The van der Waals surface area contributed by atoms with Crippen molar-refractivity contribution in [2.45, 2.75) is 54.6 Å². The lowest BCUT2D eigenvalue weighted by Gasteiger charge is -2.35. The van der Waals surface area contributed by atoms with Crippen molar-refractivity contribution in [3.05, 3.63) is 64.2 Å². The van der Waals surface area contributed by atoms with Crippen LogP contribution in [0.1, 0.15) is 53.0 Å². The Balaban J connectivity index is 2.08. The maximum Gasteiger partial charge on any atom is 0.294 e. The van der Waals surface area contributed by atoms with Crippen molar-refractivity contribution in [2.75, 3.05) is 0 Å². The van der Waals surface area contributed by atoms with Crippen molar-refractivity contribution in [2.24, 2.45) is 0 Å². The zero-order chi connectivity index (χ0) is 20.1. The van der Waals surface area contributed by atoms with Gasteiger partial charge in [-0.3, -0.25) is 9.11 Å². The molecule has 6 nitrogen and oxygen atoms in total. The first-order valence-electron chi connectivity index (χ1n) is 9.34. The van der Waals surface area contributed by atoms with Gasteiger partial charge in [0.1, 0.15) is 0 Å². The van der Waals surface area contributed by atoms with Crippen LogP contribution in [0.15, 0.2) is 41.3 Å². The molecule has 0 spiro atoms. The standard InChI is InChI=1S/C20H22O6S2/c21-27(22,23)17-11-9-13-5-1-3-7-15(13)19(17)20-16-8-4-2-6-14(16)10-12-18(20)28(24,25)26/h1,3,5,7,10,12,17,19H,2,4,6,8-9,11H2,(H,21,22,23)(H,24,25,26)/t17?,19-/m0/s1. The highest BCUT2D eigenvalue weighted by molar-refractivity contribution is 7.86. The van der Waals surface area contributed by atoms with Gasteiger partial charge in [-0.15, -0.1) is 0 Å². The molecule has 2 aromatic carbocycles. The van der Waals surface area contributed by atoms with Gasteiger partial charge in [0.15, 0.2) is 0 Å². The summed E-state index contributed by atoms with van der Waals surface area (Å²) in [5.74, 6) is -0.843. The van der Waals surface area contributed by atoms with Crippen LogP contribution in [0.3, 0.4) is 0 Å². The molecule has 0 radical (unpaired) electrons. The predicted molar refractivity (Wildman–Crippen MR) is 105 cm³/mol. The molecule has 2 N–H and O–H groups in total. The molecule has 0 bridgehead atoms. The molecule has 1 unspecified atom stereocenters. The van der Waals surface area contributed by atoms with E-state index in [0.29, 0.717) is 24.0 Å². The molecule has 0 fully saturated rings. The van der Waals surface area contributed by atoms with E-state index in [4.69, 9.17) is 0 Å². The van der Waals surface area contributed by atoms with E-state index in [9.17, 15) is 25.9 Å². The fourth-order valence-electron chi connectivity index (χ4n) is 4.79. The maximum absolute atomic E-state index is 12.3. The normalized spacial score (nSPS) is 22.4. The molecule has 0 saturated carbocycles. The summed E-state index contributed by atoms with van der Waals surface area (Å²) in [5.41, 5.74) is 3.72. The Morgan fingerprint density at radius 2 is 1.54 bits per heavy atom. The highest BCUT2D eigenvalue weighted by atomic mass is 32.2. The Bertz CT molecular complexity index is 1140. The minimum Gasteiger partial charge on any atom is -0.285 e. The summed E-state index contributed by atoms with van der Waals surface area (Å²) in [7, 11) is -9.00. The number of aryl methyl sites for hydroxylation is 2. The zero-order valence-electron chi connectivity index (χ0n) is 15.2. The molecule has 0 aliphatic heterocycles. The summed E-state index contributed by atoms with van der Waals surface area (Å²) in [5, 5.41) is -1.16. The van der Waals surface area contributed by atoms with Crippen LogP contribution in [0.25, 0.3) is 0 Å². The molecule has 28 heavy (non-hydrogen) atoms. The maximum atomic E-state index is 12.3. The first-order chi connectivity index (χ1) is 13.2. The topological polar surface area (TPSA) is 109 Å². The Kier molecular flexibility index (Phi) is 4.86. The van der Waals surface area contributed by atoms with Crippen LogP contribution in [0.2, 0.25) is 0 Å². The van der Waals surface area contributed by atoms with Gasteiger partial charge in [0.2, 0.25) is 0 Å². The first-order valence-corrected chi connectivity index (χ1v) is 12.3. The van der Waals surface area contributed by atoms with Gasteiger partial charge in [-0.2, -0.15) is 16.8 Å². The van der Waals surface area contributed by atoms with Crippen molar-refractivity contribution in [1.29, 1.82) is 0 Å². The molecule has 2 atom stereocenters.